The van der Waals surface area contributed by atoms with Gasteiger partial charge in [0.1, 0.15) is 0 Å². The van der Waals surface area contributed by atoms with Crippen molar-refractivity contribution in [2.24, 2.45) is 0 Å². The first kappa shape index (κ1) is 12.7. The second-order valence-corrected chi connectivity index (χ2v) is 5.09. The molecule has 1 fully saturated rings. The Labute approximate surface area is 117 Å². The zero-order valence-electron chi connectivity index (χ0n) is 11.2. The zero-order valence-corrected chi connectivity index (χ0v) is 11.2. The van der Waals surface area contributed by atoms with Crippen molar-refractivity contribution in [3.05, 3.63) is 53.8 Å². The molecule has 0 radical (unpaired) electrons. The SMILES string of the molecule is COc1cccc(-c2ccc(C3(C#N)CC3)cc2)c1F. The van der Waals surface area contributed by atoms with Gasteiger partial charge in [0.25, 0.3) is 0 Å². The van der Waals surface area contributed by atoms with E-state index in [1.54, 1.807) is 18.2 Å². The highest BCUT2D eigenvalue weighted by Gasteiger charge is 2.44. The van der Waals surface area contributed by atoms with Gasteiger partial charge in [-0.1, -0.05) is 36.4 Å². The monoisotopic (exact) mass is 267 g/mol. The maximum atomic E-state index is 14.2. The van der Waals surface area contributed by atoms with Gasteiger partial charge in [0, 0.05) is 5.56 Å². The summed E-state index contributed by atoms with van der Waals surface area (Å²) < 4.78 is 19.2. The molecule has 0 amide bonds. The number of nitrogens with zero attached hydrogens (tertiary/aromatic N) is 1. The van der Waals surface area contributed by atoms with Gasteiger partial charge in [0.2, 0.25) is 0 Å². The molecule has 1 aliphatic rings. The molecule has 0 atom stereocenters. The third-order valence-electron chi connectivity index (χ3n) is 3.90. The predicted molar refractivity (Wildman–Crippen MR) is 74.9 cm³/mol. The molecule has 20 heavy (non-hydrogen) atoms. The predicted octanol–water partition coefficient (Wildman–Crippen LogP) is 4.06. The molecule has 0 spiro atoms. The van der Waals surface area contributed by atoms with Crippen LogP contribution in [-0.4, -0.2) is 7.11 Å². The minimum Gasteiger partial charge on any atom is -0.494 e. The van der Waals surface area contributed by atoms with Gasteiger partial charge < -0.3 is 4.74 Å². The Morgan fingerprint density at radius 2 is 1.85 bits per heavy atom. The highest BCUT2D eigenvalue weighted by molar-refractivity contribution is 5.66. The van der Waals surface area contributed by atoms with E-state index in [0.717, 1.165) is 24.0 Å². The summed E-state index contributed by atoms with van der Waals surface area (Å²) in [4.78, 5) is 0. The summed E-state index contributed by atoms with van der Waals surface area (Å²) in [6.45, 7) is 0. The normalized spacial score (nSPS) is 15.4. The van der Waals surface area contributed by atoms with E-state index < -0.39 is 0 Å². The molecule has 2 aromatic carbocycles. The standard InChI is InChI=1S/C17H14FNO/c1-20-15-4-2-3-14(16(15)18)12-5-7-13(8-6-12)17(11-19)9-10-17/h2-8H,9-10H2,1H3. The summed E-state index contributed by atoms with van der Waals surface area (Å²) in [5.41, 5.74) is 2.02. The number of halogens is 1. The van der Waals surface area contributed by atoms with Crippen LogP contribution in [-0.2, 0) is 5.41 Å². The molecule has 1 aliphatic carbocycles. The lowest BCUT2D eigenvalue weighted by Crippen LogP contribution is -2.01. The molecule has 100 valence electrons. The fourth-order valence-electron chi connectivity index (χ4n) is 2.45. The van der Waals surface area contributed by atoms with E-state index in [1.165, 1.54) is 7.11 Å². The van der Waals surface area contributed by atoms with E-state index in [4.69, 9.17) is 4.74 Å². The topological polar surface area (TPSA) is 33.0 Å². The number of benzene rings is 2. The summed E-state index contributed by atoms with van der Waals surface area (Å²) in [5.74, 6) is -0.119. The average molecular weight is 267 g/mol. The molecule has 0 heterocycles. The van der Waals surface area contributed by atoms with Crippen molar-refractivity contribution in [1.29, 1.82) is 5.26 Å². The van der Waals surface area contributed by atoms with Gasteiger partial charge in [0.15, 0.2) is 11.6 Å². The molecule has 0 bridgehead atoms. The molecular weight excluding hydrogens is 253 g/mol. The van der Waals surface area contributed by atoms with Crippen LogP contribution in [0.15, 0.2) is 42.5 Å². The van der Waals surface area contributed by atoms with Gasteiger partial charge in [-0.15, -0.1) is 0 Å². The van der Waals surface area contributed by atoms with E-state index >= 15 is 0 Å². The smallest absolute Gasteiger partial charge is 0.172 e. The Balaban J connectivity index is 1.98. The van der Waals surface area contributed by atoms with E-state index in [9.17, 15) is 9.65 Å². The quantitative estimate of drug-likeness (QED) is 0.840. The number of nitriles is 1. The number of rotatable bonds is 3. The Bertz CT molecular complexity index is 681. The minimum atomic E-state index is -0.357. The molecule has 1 saturated carbocycles. The maximum absolute atomic E-state index is 14.2. The molecule has 2 aromatic rings. The van der Waals surface area contributed by atoms with Gasteiger partial charge in [0.05, 0.1) is 18.6 Å². The van der Waals surface area contributed by atoms with Gasteiger partial charge in [-0.2, -0.15) is 5.26 Å². The number of hydrogen-bond acceptors (Lipinski definition) is 2. The van der Waals surface area contributed by atoms with Crippen molar-refractivity contribution in [1.82, 2.24) is 0 Å². The fraction of sp³-hybridized carbons (Fsp3) is 0.235. The van der Waals surface area contributed by atoms with Crippen LogP contribution in [0.5, 0.6) is 5.75 Å². The third kappa shape index (κ3) is 1.94. The van der Waals surface area contributed by atoms with Crippen LogP contribution >= 0.6 is 0 Å². The molecular formula is C17H14FNO. The molecule has 0 saturated heterocycles. The van der Waals surface area contributed by atoms with E-state index in [2.05, 4.69) is 6.07 Å². The first-order valence-corrected chi connectivity index (χ1v) is 6.55. The highest BCUT2D eigenvalue weighted by Crippen LogP contribution is 2.47. The van der Waals surface area contributed by atoms with Gasteiger partial charge >= 0.3 is 0 Å². The highest BCUT2D eigenvalue weighted by atomic mass is 19.1. The third-order valence-corrected chi connectivity index (χ3v) is 3.90. The Morgan fingerprint density at radius 1 is 1.15 bits per heavy atom. The minimum absolute atomic E-state index is 0.238. The lowest BCUT2D eigenvalue weighted by Gasteiger charge is -2.10. The van der Waals surface area contributed by atoms with Gasteiger partial charge in [-0.25, -0.2) is 4.39 Å². The second-order valence-electron chi connectivity index (χ2n) is 5.09. The summed E-state index contributed by atoms with van der Waals surface area (Å²) >= 11 is 0. The van der Waals surface area contributed by atoms with Crippen molar-refractivity contribution >= 4 is 0 Å². The van der Waals surface area contributed by atoms with Crippen LogP contribution in [0.1, 0.15) is 18.4 Å². The summed E-state index contributed by atoms with van der Waals surface area (Å²) in [7, 11) is 1.45. The molecule has 3 heteroatoms. The van der Waals surface area contributed by atoms with E-state index in [1.807, 2.05) is 24.3 Å². The van der Waals surface area contributed by atoms with Crippen LogP contribution in [0.25, 0.3) is 11.1 Å². The Hall–Kier alpha value is -2.34. The Kier molecular flexibility index (Phi) is 2.94. The molecule has 0 aromatic heterocycles. The molecule has 0 aliphatic heterocycles. The van der Waals surface area contributed by atoms with Crippen LogP contribution < -0.4 is 4.74 Å². The molecule has 3 rings (SSSR count). The van der Waals surface area contributed by atoms with Crippen LogP contribution in [0, 0.1) is 17.1 Å². The first-order valence-electron chi connectivity index (χ1n) is 6.55. The van der Waals surface area contributed by atoms with Gasteiger partial charge in [-0.3, -0.25) is 0 Å². The number of methoxy groups -OCH3 is 1. The largest absolute Gasteiger partial charge is 0.494 e. The van der Waals surface area contributed by atoms with Crippen molar-refractivity contribution < 1.29 is 9.13 Å². The lowest BCUT2D eigenvalue weighted by atomic mass is 9.95. The summed E-state index contributed by atoms with van der Waals surface area (Å²) in [5, 5.41) is 9.18. The van der Waals surface area contributed by atoms with E-state index in [-0.39, 0.29) is 17.0 Å². The van der Waals surface area contributed by atoms with Crippen molar-refractivity contribution in [3.63, 3.8) is 0 Å². The summed E-state index contributed by atoms with van der Waals surface area (Å²) in [6.07, 6.45) is 1.83. The van der Waals surface area contributed by atoms with Crippen LogP contribution in [0.3, 0.4) is 0 Å². The second kappa shape index (κ2) is 4.64. The Morgan fingerprint density at radius 3 is 2.40 bits per heavy atom. The summed E-state index contributed by atoms with van der Waals surface area (Å²) in [6, 6.07) is 15.0. The van der Waals surface area contributed by atoms with Crippen LogP contribution in [0.4, 0.5) is 4.39 Å². The number of ether oxygens (including phenoxy) is 1. The van der Waals surface area contributed by atoms with E-state index in [0.29, 0.717) is 5.56 Å². The van der Waals surface area contributed by atoms with Crippen LogP contribution in [0.2, 0.25) is 0 Å². The maximum Gasteiger partial charge on any atom is 0.172 e. The van der Waals surface area contributed by atoms with Crippen molar-refractivity contribution in [2.45, 2.75) is 18.3 Å². The fourth-order valence-corrected chi connectivity index (χ4v) is 2.45. The van der Waals surface area contributed by atoms with Crippen molar-refractivity contribution in [2.75, 3.05) is 7.11 Å². The molecule has 0 N–H and O–H groups in total. The zero-order chi connectivity index (χ0) is 14.2. The average Bonchev–Trinajstić information content (AvgIpc) is 3.29. The lowest BCUT2D eigenvalue weighted by molar-refractivity contribution is 0.387. The van der Waals surface area contributed by atoms with Gasteiger partial charge in [-0.05, 0) is 30.0 Å². The molecule has 0 unspecified atom stereocenters. The number of hydrogen-bond donors (Lipinski definition) is 0. The first-order chi connectivity index (χ1) is 9.70. The molecule has 2 nitrogen and oxygen atoms in total. The van der Waals surface area contributed by atoms with Crippen molar-refractivity contribution in [3.8, 4) is 22.9 Å².